The molecule has 1 nitrogen and oxygen atoms in total. The molecule has 128 valence electrons. The van der Waals surface area contributed by atoms with E-state index in [0.717, 1.165) is 11.3 Å². The third kappa shape index (κ3) is 3.63. The van der Waals surface area contributed by atoms with E-state index in [9.17, 15) is 4.39 Å². The van der Waals surface area contributed by atoms with Crippen molar-refractivity contribution in [3.05, 3.63) is 53.9 Å². The molecule has 2 aromatic rings. The fraction of sp³-hybridized carbons (Fsp3) is 0.455. The van der Waals surface area contributed by atoms with Crippen molar-refractivity contribution < 1.29 is 9.13 Å². The third-order valence-corrected chi connectivity index (χ3v) is 5.46. The Bertz CT molecular complexity index is 711. The van der Waals surface area contributed by atoms with Gasteiger partial charge in [-0.3, -0.25) is 0 Å². The van der Waals surface area contributed by atoms with Crippen LogP contribution in [0.1, 0.15) is 56.9 Å². The maximum absolute atomic E-state index is 14.3. The van der Waals surface area contributed by atoms with E-state index in [4.69, 9.17) is 4.74 Å². The van der Waals surface area contributed by atoms with Crippen LogP contribution in [0.15, 0.2) is 42.5 Å². The lowest BCUT2D eigenvalue weighted by Gasteiger charge is -2.28. The molecule has 0 radical (unpaired) electrons. The fourth-order valence-corrected chi connectivity index (χ4v) is 3.98. The molecule has 0 aromatic heterocycles. The highest BCUT2D eigenvalue weighted by atomic mass is 19.1. The average Bonchev–Trinajstić information content (AvgIpc) is 2.63. The van der Waals surface area contributed by atoms with Crippen molar-refractivity contribution in [1.82, 2.24) is 0 Å². The second-order valence-corrected chi connectivity index (χ2v) is 6.93. The average molecular weight is 326 g/mol. The van der Waals surface area contributed by atoms with E-state index in [-0.39, 0.29) is 5.82 Å². The maximum Gasteiger partial charge on any atom is 0.172 e. The first-order valence-corrected chi connectivity index (χ1v) is 9.10. The molecule has 0 N–H and O–H groups in total. The molecule has 2 heteroatoms. The van der Waals surface area contributed by atoms with E-state index in [2.05, 4.69) is 31.2 Å². The molecule has 1 fully saturated rings. The van der Waals surface area contributed by atoms with Gasteiger partial charge >= 0.3 is 0 Å². The lowest BCUT2D eigenvalue weighted by molar-refractivity contribution is 0.312. The van der Waals surface area contributed by atoms with Crippen molar-refractivity contribution in [3.63, 3.8) is 0 Å². The fourth-order valence-electron chi connectivity index (χ4n) is 3.98. The molecule has 1 aliphatic carbocycles. The van der Waals surface area contributed by atoms with Gasteiger partial charge in [0.05, 0.1) is 7.11 Å². The molecule has 3 rings (SSSR count). The molecule has 0 spiro atoms. The van der Waals surface area contributed by atoms with Crippen LogP contribution in [0.2, 0.25) is 0 Å². The molecular weight excluding hydrogens is 299 g/mol. The standard InChI is InChI=1S/C22H27FO/c1-3-4-5-6-16-7-9-17(10-8-16)18-11-13-20-19(15-18)12-14-21(24-2)22(20)23/h3-4,11-17H,5-10H2,1-2H3/b4-3+. The Morgan fingerprint density at radius 3 is 2.62 bits per heavy atom. The minimum absolute atomic E-state index is 0.255. The summed E-state index contributed by atoms with van der Waals surface area (Å²) in [5, 5.41) is 1.62. The van der Waals surface area contributed by atoms with E-state index in [0.29, 0.717) is 17.1 Å². The number of fused-ring (bicyclic) bond motifs is 1. The number of ether oxygens (including phenoxy) is 1. The predicted octanol–water partition coefficient (Wildman–Crippen LogP) is 6.62. The first-order chi connectivity index (χ1) is 11.7. The molecule has 0 heterocycles. The summed E-state index contributed by atoms with van der Waals surface area (Å²) < 4.78 is 19.4. The number of methoxy groups -OCH3 is 1. The second kappa shape index (κ2) is 7.83. The monoisotopic (exact) mass is 326 g/mol. The van der Waals surface area contributed by atoms with Gasteiger partial charge < -0.3 is 4.74 Å². The molecule has 2 aromatic carbocycles. The first-order valence-electron chi connectivity index (χ1n) is 9.10. The largest absolute Gasteiger partial charge is 0.494 e. The van der Waals surface area contributed by atoms with Crippen molar-refractivity contribution in [1.29, 1.82) is 0 Å². The number of rotatable bonds is 5. The van der Waals surface area contributed by atoms with Gasteiger partial charge in [0, 0.05) is 5.39 Å². The zero-order chi connectivity index (χ0) is 16.9. The topological polar surface area (TPSA) is 9.23 Å². The van der Waals surface area contributed by atoms with Crippen LogP contribution in [0.5, 0.6) is 5.75 Å². The van der Waals surface area contributed by atoms with Crippen LogP contribution in [-0.4, -0.2) is 7.11 Å². The molecule has 1 saturated carbocycles. The Balaban J connectivity index is 1.70. The van der Waals surface area contributed by atoms with Gasteiger partial charge in [-0.1, -0.05) is 36.4 Å². The summed E-state index contributed by atoms with van der Waals surface area (Å²) >= 11 is 0. The number of allylic oxidation sites excluding steroid dienone is 2. The van der Waals surface area contributed by atoms with Crippen LogP contribution in [0.4, 0.5) is 4.39 Å². The van der Waals surface area contributed by atoms with Crippen LogP contribution in [-0.2, 0) is 0 Å². The number of hydrogen-bond acceptors (Lipinski definition) is 1. The molecular formula is C22H27FO. The number of hydrogen-bond donors (Lipinski definition) is 0. The van der Waals surface area contributed by atoms with Gasteiger partial charge in [0.15, 0.2) is 11.6 Å². The Morgan fingerprint density at radius 1 is 1.12 bits per heavy atom. The van der Waals surface area contributed by atoms with Crippen LogP contribution < -0.4 is 4.74 Å². The Morgan fingerprint density at radius 2 is 1.92 bits per heavy atom. The Kier molecular flexibility index (Phi) is 5.55. The summed E-state index contributed by atoms with van der Waals surface area (Å²) in [6.07, 6.45) is 12.1. The minimum atomic E-state index is -0.255. The van der Waals surface area contributed by atoms with Crippen molar-refractivity contribution >= 4 is 10.8 Å². The van der Waals surface area contributed by atoms with E-state index in [1.165, 1.54) is 51.2 Å². The summed E-state index contributed by atoms with van der Waals surface area (Å²) in [7, 11) is 1.51. The summed E-state index contributed by atoms with van der Waals surface area (Å²) in [4.78, 5) is 0. The molecule has 1 aliphatic rings. The maximum atomic E-state index is 14.3. The highest BCUT2D eigenvalue weighted by molar-refractivity contribution is 5.85. The minimum Gasteiger partial charge on any atom is -0.494 e. The van der Waals surface area contributed by atoms with E-state index < -0.39 is 0 Å². The quantitative estimate of drug-likeness (QED) is 0.561. The molecule has 0 unspecified atom stereocenters. The highest BCUT2D eigenvalue weighted by Gasteiger charge is 2.22. The SMILES string of the molecule is C/C=C/CCC1CCC(c2ccc3c(F)c(OC)ccc3c2)CC1. The molecule has 0 saturated heterocycles. The smallest absolute Gasteiger partial charge is 0.172 e. The van der Waals surface area contributed by atoms with Gasteiger partial charge in [-0.15, -0.1) is 0 Å². The van der Waals surface area contributed by atoms with Crippen molar-refractivity contribution in [3.8, 4) is 5.75 Å². The van der Waals surface area contributed by atoms with Gasteiger partial charge in [0.25, 0.3) is 0 Å². The molecule has 0 aliphatic heterocycles. The van der Waals surface area contributed by atoms with Gasteiger partial charge in [-0.05, 0) is 74.3 Å². The Labute approximate surface area is 144 Å². The molecule has 0 amide bonds. The Hall–Kier alpha value is -1.83. The first kappa shape index (κ1) is 17.0. The zero-order valence-electron chi connectivity index (χ0n) is 14.7. The van der Waals surface area contributed by atoms with E-state index in [1.54, 1.807) is 6.07 Å². The molecule has 0 atom stereocenters. The van der Waals surface area contributed by atoms with Crippen LogP contribution >= 0.6 is 0 Å². The number of benzene rings is 2. The predicted molar refractivity (Wildman–Crippen MR) is 99.2 cm³/mol. The summed E-state index contributed by atoms with van der Waals surface area (Å²) in [6.45, 7) is 2.09. The third-order valence-electron chi connectivity index (χ3n) is 5.46. The van der Waals surface area contributed by atoms with Crippen molar-refractivity contribution in [2.75, 3.05) is 7.11 Å². The summed E-state index contributed by atoms with van der Waals surface area (Å²) in [5.74, 6) is 1.56. The van der Waals surface area contributed by atoms with Gasteiger partial charge in [0.1, 0.15) is 0 Å². The second-order valence-electron chi connectivity index (χ2n) is 6.93. The van der Waals surface area contributed by atoms with E-state index >= 15 is 0 Å². The van der Waals surface area contributed by atoms with Crippen molar-refractivity contribution in [2.24, 2.45) is 5.92 Å². The van der Waals surface area contributed by atoms with Gasteiger partial charge in [-0.25, -0.2) is 4.39 Å². The van der Waals surface area contributed by atoms with Crippen LogP contribution in [0.25, 0.3) is 10.8 Å². The van der Waals surface area contributed by atoms with Gasteiger partial charge in [0.2, 0.25) is 0 Å². The van der Waals surface area contributed by atoms with Crippen LogP contribution in [0, 0.1) is 11.7 Å². The molecule has 0 bridgehead atoms. The number of halogens is 1. The normalized spacial score (nSPS) is 21.5. The summed E-state index contributed by atoms with van der Waals surface area (Å²) in [5.41, 5.74) is 1.36. The molecule has 24 heavy (non-hydrogen) atoms. The lowest BCUT2D eigenvalue weighted by Crippen LogP contribution is -2.13. The van der Waals surface area contributed by atoms with Crippen LogP contribution in [0.3, 0.4) is 0 Å². The lowest BCUT2D eigenvalue weighted by atomic mass is 9.77. The van der Waals surface area contributed by atoms with Gasteiger partial charge in [-0.2, -0.15) is 0 Å². The zero-order valence-corrected chi connectivity index (χ0v) is 14.7. The van der Waals surface area contributed by atoms with Crippen molar-refractivity contribution in [2.45, 2.75) is 51.4 Å². The summed E-state index contributed by atoms with van der Waals surface area (Å²) in [6, 6.07) is 9.88. The van der Waals surface area contributed by atoms with E-state index in [1.807, 2.05) is 12.1 Å². The highest BCUT2D eigenvalue weighted by Crippen LogP contribution is 2.39.